The number of carbonyl (C=O) groups excluding carboxylic acids is 1. The molecule has 1 aromatic carbocycles. The van der Waals surface area contributed by atoms with E-state index in [1.807, 2.05) is 35.2 Å². The van der Waals surface area contributed by atoms with Gasteiger partial charge in [0.1, 0.15) is 11.8 Å². The molecular formula is C23H24N4O3. The van der Waals surface area contributed by atoms with Gasteiger partial charge in [0.25, 0.3) is 5.91 Å². The Kier molecular flexibility index (Phi) is 5.04. The quantitative estimate of drug-likeness (QED) is 0.667. The van der Waals surface area contributed by atoms with Gasteiger partial charge in [-0.1, -0.05) is 24.3 Å². The number of nitrogens with zero attached hydrogens (tertiary/aromatic N) is 4. The summed E-state index contributed by atoms with van der Waals surface area (Å²) < 4.78 is 12.2. The summed E-state index contributed by atoms with van der Waals surface area (Å²) >= 11 is 0. The van der Waals surface area contributed by atoms with Gasteiger partial charge in [0, 0.05) is 49.9 Å². The minimum absolute atomic E-state index is 0.00943. The zero-order chi connectivity index (χ0) is 20.4. The molecular weight excluding hydrogens is 380 g/mol. The molecule has 3 aromatic rings. The van der Waals surface area contributed by atoms with Gasteiger partial charge in [-0.25, -0.2) is 4.98 Å². The Hall–Kier alpha value is -3.06. The molecule has 0 N–H and O–H groups in total. The first-order chi connectivity index (χ1) is 14.7. The lowest BCUT2D eigenvalue weighted by Gasteiger charge is -2.45. The molecule has 0 saturated carbocycles. The van der Waals surface area contributed by atoms with Crippen LogP contribution in [-0.2, 0) is 4.74 Å². The number of amides is 1. The standard InChI is InChI=1S/C23H24N4O3/c28-22(21-19-4-2-1-3-17(19)5-9-26-21)27-12-7-23(8-13-27)15-18(6-14-29-23)30-20-16-24-10-11-25-20/h1-5,9-11,16,18H,6-8,12-15H2. The SMILES string of the molecule is O=C(c1nccc2ccccc12)N1CCC2(CC1)CC(Oc1cnccn1)CCO2. The molecule has 0 radical (unpaired) electrons. The van der Waals surface area contributed by atoms with Gasteiger partial charge in [-0.15, -0.1) is 0 Å². The van der Waals surface area contributed by atoms with Gasteiger partial charge in [0.05, 0.1) is 18.4 Å². The Balaban J connectivity index is 1.26. The fraction of sp³-hybridized carbons (Fsp3) is 0.391. The predicted molar refractivity (Wildman–Crippen MR) is 111 cm³/mol. The monoisotopic (exact) mass is 404 g/mol. The Labute approximate surface area is 175 Å². The van der Waals surface area contributed by atoms with E-state index in [1.54, 1.807) is 24.8 Å². The van der Waals surface area contributed by atoms with Crippen LogP contribution in [0.15, 0.2) is 55.1 Å². The van der Waals surface area contributed by atoms with Crippen molar-refractivity contribution in [3.8, 4) is 5.88 Å². The number of hydrogen-bond donors (Lipinski definition) is 0. The smallest absolute Gasteiger partial charge is 0.273 e. The largest absolute Gasteiger partial charge is 0.473 e. The average molecular weight is 404 g/mol. The number of aromatic nitrogens is 3. The molecule has 1 atom stereocenters. The Morgan fingerprint density at radius 2 is 1.97 bits per heavy atom. The minimum atomic E-state index is -0.242. The van der Waals surface area contributed by atoms with E-state index in [0.717, 1.165) is 36.5 Å². The fourth-order valence-electron chi connectivity index (χ4n) is 4.51. The third-order valence-electron chi connectivity index (χ3n) is 6.11. The van der Waals surface area contributed by atoms with Crippen LogP contribution in [0.5, 0.6) is 5.88 Å². The van der Waals surface area contributed by atoms with E-state index >= 15 is 0 Å². The van der Waals surface area contributed by atoms with Crippen LogP contribution in [0.3, 0.4) is 0 Å². The van der Waals surface area contributed by atoms with E-state index in [9.17, 15) is 4.79 Å². The minimum Gasteiger partial charge on any atom is -0.473 e. The fourth-order valence-corrected chi connectivity index (χ4v) is 4.51. The van der Waals surface area contributed by atoms with Crippen molar-refractivity contribution in [2.24, 2.45) is 0 Å². The first-order valence-electron chi connectivity index (χ1n) is 10.4. The number of benzene rings is 1. The second-order valence-electron chi connectivity index (χ2n) is 7.98. The molecule has 154 valence electrons. The second kappa shape index (κ2) is 7.99. The summed E-state index contributed by atoms with van der Waals surface area (Å²) in [6, 6.07) is 9.82. The molecule has 2 aromatic heterocycles. The Bertz CT molecular complexity index is 1030. The van der Waals surface area contributed by atoms with Crippen LogP contribution in [0.1, 0.15) is 36.2 Å². The zero-order valence-electron chi connectivity index (χ0n) is 16.7. The maximum atomic E-state index is 13.2. The van der Waals surface area contributed by atoms with Crippen molar-refractivity contribution in [3.05, 3.63) is 60.8 Å². The first kappa shape index (κ1) is 18.9. The molecule has 2 aliphatic heterocycles. The number of piperidine rings is 1. The van der Waals surface area contributed by atoms with Crippen molar-refractivity contribution >= 4 is 16.7 Å². The van der Waals surface area contributed by atoms with Crippen molar-refractivity contribution in [1.29, 1.82) is 0 Å². The summed E-state index contributed by atoms with van der Waals surface area (Å²) in [5.41, 5.74) is 0.283. The Morgan fingerprint density at radius 1 is 1.10 bits per heavy atom. The van der Waals surface area contributed by atoms with E-state index < -0.39 is 0 Å². The van der Waals surface area contributed by atoms with E-state index in [1.165, 1.54) is 0 Å². The van der Waals surface area contributed by atoms with Crippen molar-refractivity contribution in [2.75, 3.05) is 19.7 Å². The molecule has 30 heavy (non-hydrogen) atoms. The molecule has 2 fully saturated rings. The summed E-state index contributed by atoms with van der Waals surface area (Å²) in [4.78, 5) is 27.7. The van der Waals surface area contributed by atoms with Crippen LogP contribution in [0.25, 0.3) is 10.8 Å². The summed E-state index contributed by atoms with van der Waals surface area (Å²) in [6.07, 6.45) is 9.90. The maximum absolute atomic E-state index is 13.2. The molecule has 1 unspecified atom stereocenters. The van der Waals surface area contributed by atoms with E-state index in [2.05, 4.69) is 15.0 Å². The van der Waals surface area contributed by atoms with Crippen LogP contribution in [0.2, 0.25) is 0 Å². The van der Waals surface area contributed by atoms with Gasteiger partial charge in [0.2, 0.25) is 5.88 Å². The highest BCUT2D eigenvalue weighted by molar-refractivity contribution is 6.05. The van der Waals surface area contributed by atoms with Gasteiger partial charge in [-0.3, -0.25) is 14.8 Å². The lowest BCUT2D eigenvalue weighted by molar-refractivity contribution is -0.135. The first-order valence-corrected chi connectivity index (χ1v) is 10.4. The summed E-state index contributed by atoms with van der Waals surface area (Å²) in [6.45, 7) is 1.97. The highest BCUT2D eigenvalue weighted by atomic mass is 16.5. The molecule has 1 spiro atoms. The molecule has 5 rings (SSSR count). The van der Waals surface area contributed by atoms with Gasteiger partial charge >= 0.3 is 0 Å². The van der Waals surface area contributed by atoms with E-state index in [-0.39, 0.29) is 17.6 Å². The van der Waals surface area contributed by atoms with Gasteiger partial charge in [-0.2, -0.15) is 0 Å². The predicted octanol–water partition coefficient (Wildman–Crippen LogP) is 3.26. The number of carbonyl (C=O) groups is 1. The van der Waals surface area contributed by atoms with Crippen molar-refractivity contribution in [1.82, 2.24) is 19.9 Å². The third kappa shape index (κ3) is 3.73. The van der Waals surface area contributed by atoms with Crippen molar-refractivity contribution < 1.29 is 14.3 Å². The number of hydrogen-bond acceptors (Lipinski definition) is 6. The van der Waals surface area contributed by atoms with E-state index in [4.69, 9.17) is 9.47 Å². The normalized spacial score (nSPS) is 20.9. The van der Waals surface area contributed by atoms with Crippen LogP contribution in [0.4, 0.5) is 0 Å². The van der Waals surface area contributed by atoms with Gasteiger partial charge in [0.15, 0.2) is 0 Å². The molecule has 7 heteroatoms. The summed E-state index contributed by atoms with van der Waals surface area (Å²) in [7, 11) is 0. The van der Waals surface area contributed by atoms with E-state index in [0.29, 0.717) is 31.3 Å². The lowest BCUT2D eigenvalue weighted by atomic mass is 9.83. The molecule has 2 aliphatic rings. The second-order valence-corrected chi connectivity index (χ2v) is 7.98. The lowest BCUT2D eigenvalue weighted by Crippen LogP contribution is -2.52. The zero-order valence-corrected chi connectivity index (χ0v) is 16.7. The third-order valence-corrected chi connectivity index (χ3v) is 6.11. The highest BCUT2D eigenvalue weighted by Crippen LogP contribution is 2.36. The Morgan fingerprint density at radius 3 is 2.80 bits per heavy atom. The number of ether oxygens (including phenoxy) is 2. The summed E-state index contributed by atoms with van der Waals surface area (Å²) in [5, 5.41) is 1.93. The summed E-state index contributed by atoms with van der Waals surface area (Å²) in [5.74, 6) is 0.541. The average Bonchev–Trinajstić information content (AvgIpc) is 2.80. The molecule has 4 heterocycles. The molecule has 7 nitrogen and oxygen atoms in total. The van der Waals surface area contributed by atoms with Crippen LogP contribution in [0, 0.1) is 0 Å². The van der Waals surface area contributed by atoms with Crippen LogP contribution < -0.4 is 4.74 Å². The number of fused-ring (bicyclic) bond motifs is 1. The molecule has 0 bridgehead atoms. The molecule has 2 saturated heterocycles. The number of rotatable bonds is 3. The molecule has 0 aliphatic carbocycles. The van der Waals surface area contributed by atoms with Gasteiger partial charge < -0.3 is 14.4 Å². The number of pyridine rings is 1. The van der Waals surface area contributed by atoms with Crippen LogP contribution >= 0.6 is 0 Å². The van der Waals surface area contributed by atoms with Crippen molar-refractivity contribution in [3.63, 3.8) is 0 Å². The topological polar surface area (TPSA) is 77.4 Å². The van der Waals surface area contributed by atoms with Gasteiger partial charge in [-0.05, 0) is 24.3 Å². The molecule has 1 amide bonds. The number of likely N-dealkylation sites (tertiary alicyclic amines) is 1. The highest BCUT2D eigenvalue weighted by Gasteiger charge is 2.42. The van der Waals surface area contributed by atoms with Crippen molar-refractivity contribution in [2.45, 2.75) is 37.4 Å². The van der Waals surface area contributed by atoms with Crippen LogP contribution in [-0.4, -0.2) is 57.2 Å². The maximum Gasteiger partial charge on any atom is 0.273 e.